The van der Waals surface area contributed by atoms with E-state index in [0.29, 0.717) is 23.0 Å². The van der Waals surface area contributed by atoms with Gasteiger partial charge in [-0.2, -0.15) is 0 Å². The highest BCUT2D eigenvalue weighted by Gasteiger charge is 2.26. The molecule has 0 amide bonds. The van der Waals surface area contributed by atoms with Crippen LogP contribution in [-0.2, 0) is 0 Å². The maximum atomic E-state index is 13.0. The van der Waals surface area contributed by atoms with E-state index in [1.807, 2.05) is 72.8 Å². The van der Waals surface area contributed by atoms with Crippen LogP contribution in [0.5, 0.6) is 17.2 Å². The van der Waals surface area contributed by atoms with E-state index in [1.165, 1.54) is 0 Å². The lowest BCUT2D eigenvalue weighted by atomic mass is 9.75. The molecule has 4 nitrogen and oxygen atoms in total. The second-order valence-electron chi connectivity index (χ2n) is 10.7. The van der Waals surface area contributed by atoms with Crippen LogP contribution in [0.1, 0.15) is 36.7 Å². The standard InChI is InChI=1S/C35H33NO3/c1-24-6-5-7-30(22-24)36(28-10-14-31(37)15-11-28)29-12-18-33(19-13-29)39-32-16-8-26(9-17-32)34(38)27-20-21-35(3,4)25(2)23-27/h5-23,25,37H,1-4H3. The number of Topliss-reactive ketones (excluding diaryl/α,β-unsaturated/α-hetero) is 1. The fourth-order valence-corrected chi connectivity index (χ4v) is 4.60. The van der Waals surface area contributed by atoms with Crippen molar-refractivity contribution in [3.63, 3.8) is 0 Å². The second-order valence-corrected chi connectivity index (χ2v) is 10.7. The molecular formula is C35H33NO3. The van der Waals surface area contributed by atoms with E-state index in [4.69, 9.17) is 4.74 Å². The Labute approximate surface area is 230 Å². The molecule has 1 unspecified atom stereocenters. The molecular weight excluding hydrogens is 482 g/mol. The second kappa shape index (κ2) is 10.7. The van der Waals surface area contributed by atoms with Crippen molar-refractivity contribution in [1.82, 2.24) is 0 Å². The number of carbonyl (C=O) groups is 1. The molecule has 0 aromatic heterocycles. The first-order valence-corrected chi connectivity index (χ1v) is 13.2. The normalized spacial score (nSPS) is 15.9. The first-order valence-electron chi connectivity index (χ1n) is 13.2. The molecule has 1 N–H and O–H groups in total. The van der Waals surface area contributed by atoms with Gasteiger partial charge in [-0.15, -0.1) is 0 Å². The number of phenols is 1. The van der Waals surface area contributed by atoms with Crippen molar-refractivity contribution in [2.45, 2.75) is 27.7 Å². The lowest BCUT2D eigenvalue weighted by molar-refractivity contribution is 0.103. The van der Waals surface area contributed by atoms with Crippen molar-refractivity contribution in [2.75, 3.05) is 4.90 Å². The van der Waals surface area contributed by atoms with E-state index >= 15 is 0 Å². The number of benzene rings is 4. The number of ketones is 1. The molecule has 0 fully saturated rings. The highest BCUT2D eigenvalue weighted by atomic mass is 16.5. The van der Waals surface area contributed by atoms with Crippen LogP contribution in [0.15, 0.2) is 121 Å². The lowest BCUT2D eigenvalue weighted by Gasteiger charge is -2.29. The van der Waals surface area contributed by atoms with Gasteiger partial charge in [0.2, 0.25) is 0 Å². The fourth-order valence-electron chi connectivity index (χ4n) is 4.60. The van der Waals surface area contributed by atoms with Crippen molar-refractivity contribution in [1.29, 1.82) is 0 Å². The molecule has 0 bridgehead atoms. The van der Waals surface area contributed by atoms with Crippen LogP contribution in [0.2, 0.25) is 0 Å². The van der Waals surface area contributed by atoms with Crippen molar-refractivity contribution in [2.24, 2.45) is 11.3 Å². The Hall–Kier alpha value is -4.57. The SMILES string of the molecule is Cc1cccc(N(c2ccc(O)cc2)c2ccc(Oc3ccc(C(=O)C4=CC(C)C(C)(C)C=C4)cc3)cc2)c1. The molecule has 0 saturated heterocycles. The van der Waals surface area contributed by atoms with Gasteiger partial charge in [-0.05, 0) is 109 Å². The third-order valence-corrected chi connectivity index (χ3v) is 7.37. The summed E-state index contributed by atoms with van der Waals surface area (Å²) in [5.41, 5.74) is 5.51. The maximum Gasteiger partial charge on any atom is 0.192 e. The predicted molar refractivity (Wildman–Crippen MR) is 159 cm³/mol. The van der Waals surface area contributed by atoms with Gasteiger partial charge in [0.1, 0.15) is 17.2 Å². The summed E-state index contributed by atoms with van der Waals surface area (Å²) in [4.78, 5) is 15.2. The van der Waals surface area contributed by atoms with Crippen molar-refractivity contribution in [3.05, 3.63) is 132 Å². The molecule has 0 aliphatic heterocycles. The summed E-state index contributed by atoms with van der Waals surface area (Å²) in [6.07, 6.45) is 6.12. The van der Waals surface area contributed by atoms with Gasteiger partial charge in [0.05, 0.1) is 0 Å². The number of rotatable bonds is 7. The largest absolute Gasteiger partial charge is 0.508 e. The molecule has 4 aromatic carbocycles. The number of phenolic OH excluding ortho intramolecular Hbond substituents is 1. The number of nitrogens with zero attached hydrogens (tertiary/aromatic N) is 1. The quantitative estimate of drug-likeness (QED) is 0.249. The van der Waals surface area contributed by atoms with E-state index < -0.39 is 0 Å². The number of anilines is 3. The third kappa shape index (κ3) is 5.80. The molecule has 39 heavy (non-hydrogen) atoms. The van der Waals surface area contributed by atoms with Crippen LogP contribution in [0, 0.1) is 18.3 Å². The number of ether oxygens (including phenoxy) is 1. The van der Waals surface area contributed by atoms with Crippen molar-refractivity contribution < 1.29 is 14.6 Å². The minimum Gasteiger partial charge on any atom is -0.508 e. The van der Waals surface area contributed by atoms with Crippen LogP contribution in [0.3, 0.4) is 0 Å². The first kappa shape index (κ1) is 26.1. The zero-order valence-electron chi connectivity index (χ0n) is 22.8. The zero-order valence-corrected chi connectivity index (χ0v) is 22.8. The highest BCUT2D eigenvalue weighted by Crippen LogP contribution is 2.37. The fraction of sp³-hybridized carbons (Fsp3) is 0.171. The highest BCUT2D eigenvalue weighted by molar-refractivity contribution is 6.10. The Morgan fingerprint density at radius 2 is 1.41 bits per heavy atom. The topological polar surface area (TPSA) is 49.8 Å². The Kier molecular flexibility index (Phi) is 7.12. The van der Waals surface area contributed by atoms with Crippen LogP contribution < -0.4 is 9.64 Å². The van der Waals surface area contributed by atoms with Gasteiger partial charge in [0, 0.05) is 28.2 Å². The molecule has 4 heteroatoms. The monoisotopic (exact) mass is 515 g/mol. The Morgan fingerprint density at radius 3 is 2.00 bits per heavy atom. The van der Waals surface area contributed by atoms with E-state index in [0.717, 1.165) is 28.2 Å². The zero-order chi connectivity index (χ0) is 27.6. The summed E-state index contributed by atoms with van der Waals surface area (Å²) < 4.78 is 6.09. The number of hydrogen-bond acceptors (Lipinski definition) is 4. The molecule has 1 atom stereocenters. The van der Waals surface area contributed by atoms with Gasteiger partial charge in [0.25, 0.3) is 0 Å². The molecule has 196 valence electrons. The molecule has 1 aliphatic carbocycles. The van der Waals surface area contributed by atoms with Gasteiger partial charge < -0.3 is 14.7 Å². The Balaban J connectivity index is 1.33. The third-order valence-electron chi connectivity index (χ3n) is 7.37. The predicted octanol–water partition coefficient (Wildman–Crippen LogP) is 9.30. The number of hydrogen-bond donors (Lipinski definition) is 1. The first-order chi connectivity index (χ1) is 18.7. The summed E-state index contributed by atoms with van der Waals surface area (Å²) in [6, 6.07) is 30.6. The smallest absolute Gasteiger partial charge is 0.192 e. The van der Waals surface area contributed by atoms with Gasteiger partial charge in [-0.25, -0.2) is 0 Å². The molecule has 0 spiro atoms. The average Bonchev–Trinajstić information content (AvgIpc) is 2.93. The summed E-state index contributed by atoms with van der Waals surface area (Å²) in [5, 5.41) is 9.78. The van der Waals surface area contributed by atoms with E-state index in [-0.39, 0.29) is 16.9 Å². The molecule has 1 aliphatic rings. The van der Waals surface area contributed by atoms with Gasteiger partial charge >= 0.3 is 0 Å². The van der Waals surface area contributed by atoms with Gasteiger partial charge in [0.15, 0.2) is 5.78 Å². The Bertz CT molecular complexity index is 1530. The number of aryl methyl sites for hydroxylation is 1. The van der Waals surface area contributed by atoms with E-state index in [1.54, 1.807) is 12.1 Å². The molecule has 0 heterocycles. The van der Waals surface area contributed by atoms with Crippen LogP contribution in [-0.4, -0.2) is 10.9 Å². The maximum absolute atomic E-state index is 13.0. The van der Waals surface area contributed by atoms with Crippen LogP contribution in [0.25, 0.3) is 0 Å². The minimum absolute atomic E-state index is 0.0231. The van der Waals surface area contributed by atoms with Gasteiger partial charge in [-0.1, -0.05) is 51.1 Å². The average molecular weight is 516 g/mol. The summed E-state index contributed by atoms with van der Waals surface area (Å²) in [6.45, 7) is 8.57. The molecule has 4 aromatic rings. The van der Waals surface area contributed by atoms with Crippen LogP contribution >= 0.6 is 0 Å². The molecule has 5 rings (SSSR count). The van der Waals surface area contributed by atoms with Crippen LogP contribution in [0.4, 0.5) is 17.1 Å². The van der Waals surface area contributed by atoms with E-state index in [9.17, 15) is 9.90 Å². The minimum atomic E-state index is 0.0231. The number of aromatic hydroxyl groups is 1. The van der Waals surface area contributed by atoms with Crippen molar-refractivity contribution in [3.8, 4) is 17.2 Å². The van der Waals surface area contributed by atoms with E-state index in [2.05, 4.69) is 62.9 Å². The van der Waals surface area contributed by atoms with Gasteiger partial charge in [-0.3, -0.25) is 4.79 Å². The summed E-state index contributed by atoms with van der Waals surface area (Å²) in [7, 11) is 0. The molecule has 0 saturated carbocycles. The summed E-state index contributed by atoms with van der Waals surface area (Å²) >= 11 is 0. The lowest BCUT2D eigenvalue weighted by Crippen LogP contribution is -2.21. The summed E-state index contributed by atoms with van der Waals surface area (Å²) in [5.74, 6) is 1.90. The number of allylic oxidation sites excluding steroid dienone is 4. The Morgan fingerprint density at radius 1 is 0.821 bits per heavy atom. The number of carbonyl (C=O) groups excluding carboxylic acids is 1. The molecule has 0 radical (unpaired) electrons. The van der Waals surface area contributed by atoms with Crippen molar-refractivity contribution >= 4 is 22.8 Å².